The van der Waals surface area contributed by atoms with Crippen LogP contribution in [0.15, 0.2) is 53.3 Å². The van der Waals surface area contributed by atoms with Gasteiger partial charge in [0.2, 0.25) is 5.91 Å². The van der Waals surface area contributed by atoms with Gasteiger partial charge in [-0.3, -0.25) is 14.2 Å². The Balaban J connectivity index is 1.84. The fourth-order valence-electron chi connectivity index (χ4n) is 2.79. The normalized spacial score (nSPS) is 10.8. The Labute approximate surface area is 177 Å². The molecule has 2 aromatic carbocycles. The molecule has 0 spiro atoms. The van der Waals surface area contributed by atoms with Gasteiger partial charge in [-0.2, -0.15) is 0 Å². The van der Waals surface area contributed by atoms with Gasteiger partial charge in [-0.15, -0.1) is 0 Å². The average molecular weight is 434 g/mol. The van der Waals surface area contributed by atoms with E-state index in [4.69, 9.17) is 23.2 Å². The number of nitrogens with zero attached hydrogens (tertiary/aromatic N) is 2. The van der Waals surface area contributed by atoms with E-state index in [1.54, 1.807) is 24.3 Å². The van der Waals surface area contributed by atoms with E-state index in [2.05, 4.69) is 10.3 Å². The average Bonchev–Trinajstić information content (AvgIpc) is 2.70. The molecule has 0 radical (unpaired) electrons. The fraction of sp³-hybridized carbons (Fsp3) is 0.190. The minimum Gasteiger partial charge on any atom is -0.350 e. The van der Waals surface area contributed by atoms with Crippen LogP contribution in [-0.4, -0.2) is 15.5 Å². The minimum absolute atomic E-state index is 0.0180. The number of benzene rings is 2. The molecule has 0 fully saturated rings. The quantitative estimate of drug-likeness (QED) is 0.632. The SMILES string of the molecule is CCc1cc(=O)n(CC(=O)NCc2ccc(F)c(Cl)c2)c(-c2cccc(Cl)c2)n1. The van der Waals surface area contributed by atoms with Crippen molar-refractivity contribution >= 4 is 29.1 Å². The lowest BCUT2D eigenvalue weighted by atomic mass is 10.2. The highest BCUT2D eigenvalue weighted by atomic mass is 35.5. The molecular formula is C21H18Cl2FN3O2. The van der Waals surface area contributed by atoms with Gasteiger partial charge in [0.1, 0.15) is 18.2 Å². The molecular weight excluding hydrogens is 416 g/mol. The third-order valence-corrected chi connectivity index (χ3v) is 4.81. The first-order valence-corrected chi connectivity index (χ1v) is 9.70. The number of hydrogen-bond donors (Lipinski definition) is 1. The lowest BCUT2D eigenvalue weighted by Crippen LogP contribution is -2.33. The van der Waals surface area contributed by atoms with Gasteiger partial charge in [0.25, 0.3) is 5.56 Å². The topological polar surface area (TPSA) is 64.0 Å². The summed E-state index contributed by atoms with van der Waals surface area (Å²) in [5.41, 5.74) is 1.59. The Morgan fingerprint density at radius 1 is 1.17 bits per heavy atom. The van der Waals surface area contributed by atoms with Crippen molar-refractivity contribution in [1.29, 1.82) is 0 Å². The first kappa shape index (κ1) is 21.0. The predicted molar refractivity (Wildman–Crippen MR) is 112 cm³/mol. The standard InChI is InChI=1S/C21H18Cl2FN3O2/c1-2-16-10-20(29)27(21(26-16)14-4-3-5-15(22)9-14)12-19(28)25-11-13-6-7-18(24)17(23)8-13/h3-10H,2,11-12H2,1H3,(H,25,28). The van der Waals surface area contributed by atoms with E-state index in [0.717, 1.165) is 0 Å². The number of aromatic nitrogens is 2. The molecule has 0 aliphatic heterocycles. The van der Waals surface area contributed by atoms with Crippen molar-refractivity contribution in [2.75, 3.05) is 0 Å². The number of nitrogens with one attached hydrogen (secondary N) is 1. The molecule has 1 N–H and O–H groups in total. The summed E-state index contributed by atoms with van der Waals surface area (Å²) in [5, 5.41) is 3.19. The number of hydrogen-bond acceptors (Lipinski definition) is 3. The monoisotopic (exact) mass is 433 g/mol. The van der Waals surface area contributed by atoms with Crippen LogP contribution in [0.25, 0.3) is 11.4 Å². The van der Waals surface area contributed by atoms with Crippen LogP contribution in [0, 0.1) is 5.82 Å². The van der Waals surface area contributed by atoms with Gasteiger partial charge in [-0.1, -0.05) is 48.3 Å². The van der Waals surface area contributed by atoms with E-state index < -0.39 is 5.82 Å². The molecule has 3 rings (SSSR count). The highest BCUT2D eigenvalue weighted by Crippen LogP contribution is 2.21. The second-order valence-electron chi connectivity index (χ2n) is 6.38. The number of halogens is 3. The van der Waals surface area contributed by atoms with Crippen LogP contribution in [0.5, 0.6) is 0 Å². The molecule has 0 saturated carbocycles. The Morgan fingerprint density at radius 3 is 2.66 bits per heavy atom. The van der Waals surface area contributed by atoms with Gasteiger partial charge in [0.15, 0.2) is 0 Å². The molecule has 0 unspecified atom stereocenters. The first-order valence-electron chi connectivity index (χ1n) is 8.94. The van der Waals surface area contributed by atoms with Gasteiger partial charge in [0.05, 0.1) is 5.02 Å². The molecule has 1 amide bonds. The van der Waals surface area contributed by atoms with Crippen LogP contribution < -0.4 is 10.9 Å². The molecule has 1 aromatic heterocycles. The molecule has 8 heteroatoms. The molecule has 0 aliphatic carbocycles. The fourth-order valence-corrected chi connectivity index (χ4v) is 3.18. The van der Waals surface area contributed by atoms with E-state index in [1.807, 2.05) is 6.92 Å². The van der Waals surface area contributed by atoms with Crippen molar-refractivity contribution < 1.29 is 9.18 Å². The van der Waals surface area contributed by atoms with Crippen molar-refractivity contribution in [1.82, 2.24) is 14.9 Å². The lowest BCUT2D eigenvalue weighted by Gasteiger charge is -2.14. The zero-order valence-corrected chi connectivity index (χ0v) is 17.1. The Hall–Kier alpha value is -2.70. The van der Waals surface area contributed by atoms with Crippen LogP contribution >= 0.6 is 23.2 Å². The summed E-state index contributed by atoms with van der Waals surface area (Å²) in [4.78, 5) is 29.6. The minimum atomic E-state index is -0.526. The van der Waals surface area contributed by atoms with E-state index in [1.165, 1.54) is 28.8 Å². The molecule has 1 heterocycles. The number of amides is 1. The van der Waals surface area contributed by atoms with Crippen molar-refractivity contribution in [3.05, 3.63) is 86.0 Å². The molecule has 0 aliphatic rings. The number of carbonyl (C=O) groups excluding carboxylic acids is 1. The second-order valence-corrected chi connectivity index (χ2v) is 7.23. The van der Waals surface area contributed by atoms with Gasteiger partial charge >= 0.3 is 0 Å². The third kappa shape index (κ3) is 5.22. The lowest BCUT2D eigenvalue weighted by molar-refractivity contribution is -0.121. The van der Waals surface area contributed by atoms with Gasteiger partial charge in [0, 0.05) is 28.9 Å². The zero-order valence-electron chi connectivity index (χ0n) is 15.6. The number of rotatable bonds is 6. The van der Waals surface area contributed by atoms with Crippen LogP contribution in [0.2, 0.25) is 10.0 Å². The summed E-state index contributed by atoms with van der Waals surface area (Å²) in [5.74, 6) is -0.541. The maximum absolute atomic E-state index is 13.3. The summed E-state index contributed by atoms with van der Waals surface area (Å²) in [6.45, 7) is 1.83. The van der Waals surface area contributed by atoms with Crippen LogP contribution in [-0.2, 0) is 24.3 Å². The highest BCUT2D eigenvalue weighted by molar-refractivity contribution is 6.31. The largest absolute Gasteiger partial charge is 0.350 e. The number of carbonyl (C=O) groups is 1. The summed E-state index contributed by atoms with van der Waals surface area (Å²) in [7, 11) is 0. The zero-order chi connectivity index (χ0) is 21.0. The summed E-state index contributed by atoms with van der Waals surface area (Å²) in [6.07, 6.45) is 0.584. The van der Waals surface area contributed by atoms with Crippen molar-refractivity contribution in [2.24, 2.45) is 0 Å². The molecule has 5 nitrogen and oxygen atoms in total. The third-order valence-electron chi connectivity index (χ3n) is 4.28. The maximum atomic E-state index is 13.3. The molecule has 3 aromatic rings. The molecule has 150 valence electrons. The van der Waals surface area contributed by atoms with Crippen LogP contribution in [0.1, 0.15) is 18.2 Å². The van der Waals surface area contributed by atoms with E-state index in [-0.39, 0.29) is 29.6 Å². The molecule has 0 saturated heterocycles. The molecule has 0 atom stereocenters. The smallest absolute Gasteiger partial charge is 0.254 e. The second kappa shape index (κ2) is 9.20. The van der Waals surface area contributed by atoms with E-state index >= 15 is 0 Å². The van der Waals surface area contributed by atoms with Crippen molar-refractivity contribution in [3.63, 3.8) is 0 Å². The maximum Gasteiger partial charge on any atom is 0.254 e. The summed E-state index contributed by atoms with van der Waals surface area (Å²) >= 11 is 11.8. The summed E-state index contributed by atoms with van der Waals surface area (Å²) < 4.78 is 14.6. The highest BCUT2D eigenvalue weighted by Gasteiger charge is 2.14. The van der Waals surface area contributed by atoms with Gasteiger partial charge in [-0.25, -0.2) is 9.37 Å². The first-order chi connectivity index (χ1) is 13.9. The molecule has 29 heavy (non-hydrogen) atoms. The Bertz CT molecular complexity index is 1120. The Morgan fingerprint density at radius 2 is 1.97 bits per heavy atom. The Kier molecular flexibility index (Phi) is 6.67. The van der Waals surface area contributed by atoms with Crippen LogP contribution in [0.4, 0.5) is 4.39 Å². The van der Waals surface area contributed by atoms with Crippen LogP contribution in [0.3, 0.4) is 0 Å². The van der Waals surface area contributed by atoms with Crippen molar-refractivity contribution in [3.8, 4) is 11.4 Å². The van der Waals surface area contributed by atoms with E-state index in [9.17, 15) is 14.0 Å². The summed E-state index contributed by atoms with van der Waals surface area (Å²) in [6, 6.07) is 12.6. The molecule has 0 bridgehead atoms. The predicted octanol–water partition coefficient (Wildman–Crippen LogP) is 4.24. The van der Waals surface area contributed by atoms with Crippen molar-refractivity contribution in [2.45, 2.75) is 26.4 Å². The number of aryl methyl sites for hydroxylation is 1. The van der Waals surface area contributed by atoms with E-state index in [0.29, 0.717) is 34.1 Å². The van der Waals surface area contributed by atoms with Gasteiger partial charge < -0.3 is 5.32 Å². The van der Waals surface area contributed by atoms with Gasteiger partial charge in [-0.05, 0) is 36.2 Å².